The van der Waals surface area contributed by atoms with E-state index in [0.29, 0.717) is 13.2 Å². The third-order valence-electron chi connectivity index (χ3n) is 2.98. The number of ether oxygens (including phenoxy) is 2. The molecule has 7 nitrogen and oxygen atoms in total. The van der Waals surface area contributed by atoms with Gasteiger partial charge in [0.2, 0.25) is 0 Å². The highest BCUT2D eigenvalue weighted by molar-refractivity contribution is 4.88. The van der Waals surface area contributed by atoms with Gasteiger partial charge in [-0.15, -0.1) is 0 Å². The standard InChI is InChI=1S/C11H23NO6/c12-4-2-1-3-5-17-11-10(16)9(15)8(14)7(6-13)18-11/h7-11,13-16H,1-6,12H2. The van der Waals surface area contributed by atoms with E-state index in [0.717, 1.165) is 19.3 Å². The molecule has 5 unspecified atom stereocenters. The molecule has 1 saturated heterocycles. The Hall–Kier alpha value is -0.280. The maximum absolute atomic E-state index is 9.66. The molecule has 108 valence electrons. The molecule has 0 amide bonds. The smallest absolute Gasteiger partial charge is 0.186 e. The molecule has 0 aromatic carbocycles. The van der Waals surface area contributed by atoms with Crippen molar-refractivity contribution in [3.8, 4) is 0 Å². The van der Waals surface area contributed by atoms with E-state index < -0.39 is 37.3 Å². The Labute approximate surface area is 106 Å². The summed E-state index contributed by atoms with van der Waals surface area (Å²) in [5.74, 6) is 0. The van der Waals surface area contributed by atoms with Gasteiger partial charge < -0.3 is 35.6 Å². The van der Waals surface area contributed by atoms with Gasteiger partial charge in [-0.1, -0.05) is 0 Å². The van der Waals surface area contributed by atoms with Crippen LogP contribution in [-0.4, -0.2) is 70.9 Å². The molecule has 0 aliphatic carbocycles. The van der Waals surface area contributed by atoms with E-state index in [9.17, 15) is 15.3 Å². The van der Waals surface area contributed by atoms with Crippen molar-refractivity contribution in [1.82, 2.24) is 0 Å². The first kappa shape index (κ1) is 15.8. The number of rotatable bonds is 7. The minimum atomic E-state index is -1.38. The first-order valence-electron chi connectivity index (χ1n) is 6.24. The molecule has 0 aromatic heterocycles. The molecule has 6 N–H and O–H groups in total. The summed E-state index contributed by atoms with van der Waals surface area (Å²) >= 11 is 0. The van der Waals surface area contributed by atoms with Crippen molar-refractivity contribution in [2.75, 3.05) is 19.8 Å². The maximum atomic E-state index is 9.66. The number of unbranched alkanes of at least 4 members (excludes halogenated alkanes) is 2. The van der Waals surface area contributed by atoms with E-state index in [2.05, 4.69) is 0 Å². The molecule has 7 heteroatoms. The van der Waals surface area contributed by atoms with Crippen LogP contribution in [0.1, 0.15) is 19.3 Å². The van der Waals surface area contributed by atoms with Gasteiger partial charge in [0.05, 0.1) is 6.61 Å². The summed E-state index contributed by atoms with van der Waals surface area (Å²) < 4.78 is 10.5. The summed E-state index contributed by atoms with van der Waals surface area (Å²) in [7, 11) is 0. The second kappa shape index (κ2) is 8.00. The van der Waals surface area contributed by atoms with Crippen LogP contribution < -0.4 is 5.73 Å². The van der Waals surface area contributed by atoms with Gasteiger partial charge in [0.25, 0.3) is 0 Å². The van der Waals surface area contributed by atoms with Gasteiger partial charge in [0, 0.05) is 6.61 Å². The molecule has 1 aliphatic heterocycles. The van der Waals surface area contributed by atoms with Crippen LogP contribution in [0, 0.1) is 0 Å². The lowest BCUT2D eigenvalue weighted by Crippen LogP contribution is -2.59. The average molecular weight is 265 g/mol. The van der Waals surface area contributed by atoms with Crippen LogP contribution in [0.25, 0.3) is 0 Å². The molecule has 1 rings (SSSR count). The van der Waals surface area contributed by atoms with Gasteiger partial charge in [-0.3, -0.25) is 0 Å². The van der Waals surface area contributed by atoms with Crippen LogP contribution in [0.2, 0.25) is 0 Å². The van der Waals surface area contributed by atoms with Crippen molar-refractivity contribution in [3.63, 3.8) is 0 Å². The molecule has 0 saturated carbocycles. The summed E-state index contributed by atoms with van der Waals surface area (Å²) in [6.07, 6.45) is -3.42. The Bertz CT molecular complexity index is 228. The minimum Gasteiger partial charge on any atom is -0.394 e. The highest BCUT2D eigenvalue weighted by Gasteiger charge is 2.43. The molecule has 1 heterocycles. The number of hydrogen-bond acceptors (Lipinski definition) is 7. The summed E-state index contributed by atoms with van der Waals surface area (Å²) in [5, 5.41) is 37.7. The third-order valence-corrected chi connectivity index (χ3v) is 2.98. The van der Waals surface area contributed by atoms with E-state index >= 15 is 0 Å². The fourth-order valence-electron chi connectivity index (χ4n) is 1.83. The Morgan fingerprint density at radius 3 is 2.33 bits per heavy atom. The number of hydrogen-bond donors (Lipinski definition) is 5. The number of nitrogens with two attached hydrogens (primary N) is 1. The number of aliphatic hydroxyl groups is 4. The molecule has 0 aromatic rings. The zero-order valence-corrected chi connectivity index (χ0v) is 10.3. The lowest BCUT2D eigenvalue weighted by atomic mass is 9.99. The van der Waals surface area contributed by atoms with Crippen molar-refractivity contribution < 1.29 is 29.9 Å². The maximum Gasteiger partial charge on any atom is 0.186 e. The lowest BCUT2D eigenvalue weighted by molar-refractivity contribution is -0.301. The second-order valence-corrected chi connectivity index (χ2v) is 4.42. The van der Waals surface area contributed by atoms with Crippen LogP contribution >= 0.6 is 0 Å². The summed E-state index contributed by atoms with van der Waals surface area (Å²) in [6, 6.07) is 0. The molecular weight excluding hydrogens is 242 g/mol. The monoisotopic (exact) mass is 265 g/mol. The highest BCUT2D eigenvalue weighted by atomic mass is 16.7. The second-order valence-electron chi connectivity index (χ2n) is 4.42. The summed E-state index contributed by atoms with van der Waals surface area (Å²) in [5.41, 5.74) is 5.35. The van der Waals surface area contributed by atoms with Crippen molar-refractivity contribution in [2.24, 2.45) is 5.73 Å². The first-order valence-corrected chi connectivity index (χ1v) is 6.24. The van der Waals surface area contributed by atoms with Crippen LogP contribution in [0.5, 0.6) is 0 Å². The quantitative estimate of drug-likeness (QED) is 0.335. The van der Waals surface area contributed by atoms with E-state index in [4.69, 9.17) is 20.3 Å². The fourth-order valence-corrected chi connectivity index (χ4v) is 1.83. The van der Waals surface area contributed by atoms with Crippen molar-refractivity contribution in [1.29, 1.82) is 0 Å². The molecule has 1 fully saturated rings. The predicted molar refractivity (Wildman–Crippen MR) is 62.6 cm³/mol. The normalized spacial score (nSPS) is 36.8. The van der Waals surface area contributed by atoms with Gasteiger partial charge in [0.1, 0.15) is 24.4 Å². The van der Waals surface area contributed by atoms with E-state index in [1.54, 1.807) is 0 Å². The summed E-state index contributed by atoms with van der Waals surface area (Å²) in [6.45, 7) is 0.542. The Morgan fingerprint density at radius 1 is 1.00 bits per heavy atom. The third kappa shape index (κ3) is 4.13. The Kier molecular flexibility index (Phi) is 7.02. The fraction of sp³-hybridized carbons (Fsp3) is 1.00. The Balaban J connectivity index is 2.35. The topological polar surface area (TPSA) is 125 Å². The lowest BCUT2D eigenvalue weighted by Gasteiger charge is -2.39. The van der Waals surface area contributed by atoms with Crippen LogP contribution in [0.15, 0.2) is 0 Å². The average Bonchev–Trinajstić information content (AvgIpc) is 2.38. The molecule has 1 aliphatic rings. The first-order chi connectivity index (χ1) is 8.61. The van der Waals surface area contributed by atoms with Gasteiger partial charge in [-0.2, -0.15) is 0 Å². The van der Waals surface area contributed by atoms with Gasteiger partial charge in [0.15, 0.2) is 6.29 Å². The van der Waals surface area contributed by atoms with E-state index in [1.165, 1.54) is 0 Å². The summed E-state index contributed by atoms with van der Waals surface area (Å²) in [4.78, 5) is 0. The highest BCUT2D eigenvalue weighted by Crippen LogP contribution is 2.22. The van der Waals surface area contributed by atoms with Gasteiger partial charge in [-0.25, -0.2) is 0 Å². The molecular formula is C11H23NO6. The van der Waals surface area contributed by atoms with Crippen molar-refractivity contribution in [2.45, 2.75) is 50.0 Å². The number of aliphatic hydroxyl groups excluding tert-OH is 4. The van der Waals surface area contributed by atoms with Gasteiger partial charge >= 0.3 is 0 Å². The SMILES string of the molecule is NCCCCCOC1OC(CO)C(O)C(O)C1O. The van der Waals surface area contributed by atoms with Crippen molar-refractivity contribution in [3.05, 3.63) is 0 Å². The largest absolute Gasteiger partial charge is 0.394 e. The molecule has 0 radical (unpaired) electrons. The van der Waals surface area contributed by atoms with Crippen LogP contribution in [0.4, 0.5) is 0 Å². The predicted octanol–water partition coefficient (Wildman–Crippen LogP) is -2.07. The Morgan fingerprint density at radius 2 is 1.72 bits per heavy atom. The molecule has 0 bridgehead atoms. The molecule has 18 heavy (non-hydrogen) atoms. The van der Waals surface area contributed by atoms with Crippen molar-refractivity contribution >= 4 is 0 Å². The zero-order valence-electron chi connectivity index (χ0n) is 10.3. The van der Waals surface area contributed by atoms with Gasteiger partial charge in [-0.05, 0) is 25.8 Å². The van der Waals surface area contributed by atoms with Crippen LogP contribution in [0.3, 0.4) is 0 Å². The molecule has 5 atom stereocenters. The van der Waals surface area contributed by atoms with E-state index in [1.807, 2.05) is 0 Å². The van der Waals surface area contributed by atoms with E-state index in [-0.39, 0.29) is 0 Å². The molecule has 0 spiro atoms. The van der Waals surface area contributed by atoms with Crippen LogP contribution in [-0.2, 0) is 9.47 Å². The zero-order chi connectivity index (χ0) is 13.5. The minimum absolute atomic E-state index is 0.364.